The Bertz CT molecular complexity index is 424. The number of anilines is 3. The Morgan fingerprint density at radius 2 is 1.81 bits per heavy atom. The van der Waals surface area contributed by atoms with E-state index in [-0.39, 0.29) is 0 Å². The molecule has 1 atom stereocenters. The van der Waals surface area contributed by atoms with Crippen molar-refractivity contribution in [3.05, 3.63) is 16.7 Å². The van der Waals surface area contributed by atoms with Crippen molar-refractivity contribution < 1.29 is 0 Å². The fourth-order valence-corrected chi connectivity index (χ4v) is 2.42. The van der Waals surface area contributed by atoms with Gasteiger partial charge in [-0.25, -0.2) is 0 Å². The number of hydrogen-bond acceptors (Lipinski definition) is 3. The maximum atomic E-state index is 6.19. The van der Waals surface area contributed by atoms with Crippen molar-refractivity contribution in [2.24, 2.45) is 5.92 Å². The summed E-state index contributed by atoms with van der Waals surface area (Å²) in [5.74, 6) is 0.677. The zero-order valence-corrected chi connectivity index (χ0v) is 10.4. The predicted octanol–water partition coefficient (Wildman–Crippen LogP) is 2.46. The van der Waals surface area contributed by atoms with Crippen LogP contribution in [-0.2, 0) is 6.42 Å². The van der Waals surface area contributed by atoms with Crippen molar-refractivity contribution in [1.82, 2.24) is 0 Å². The summed E-state index contributed by atoms with van der Waals surface area (Å²) in [6.45, 7) is 7.32. The van der Waals surface area contributed by atoms with Crippen molar-refractivity contribution in [1.29, 1.82) is 0 Å². The molecule has 88 valence electrons. The van der Waals surface area contributed by atoms with Crippen LogP contribution >= 0.6 is 0 Å². The highest BCUT2D eigenvalue weighted by molar-refractivity contribution is 5.83. The highest BCUT2D eigenvalue weighted by Crippen LogP contribution is 2.39. The number of hydrogen-bond donors (Lipinski definition) is 3. The monoisotopic (exact) mass is 219 g/mol. The predicted molar refractivity (Wildman–Crippen MR) is 70.7 cm³/mol. The van der Waals surface area contributed by atoms with Crippen LogP contribution in [0, 0.1) is 19.8 Å². The lowest BCUT2D eigenvalue weighted by Crippen LogP contribution is -2.25. The minimum atomic E-state index is 0.677. The molecule has 0 radical (unpaired) electrons. The molecule has 0 saturated heterocycles. The van der Waals surface area contributed by atoms with Gasteiger partial charge in [0.05, 0.1) is 11.4 Å². The molecular weight excluding hydrogens is 198 g/mol. The van der Waals surface area contributed by atoms with Crippen LogP contribution in [0.15, 0.2) is 0 Å². The Balaban J connectivity index is 2.56. The van der Waals surface area contributed by atoms with Crippen LogP contribution in [0.4, 0.5) is 17.1 Å². The summed E-state index contributed by atoms with van der Waals surface area (Å²) in [5.41, 5.74) is 18.7. The van der Waals surface area contributed by atoms with Gasteiger partial charge >= 0.3 is 0 Å². The van der Waals surface area contributed by atoms with E-state index < -0.39 is 0 Å². The minimum absolute atomic E-state index is 0.677. The van der Waals surface area contributed by atoms with Gasteiger partial charge in [-0.3, -0.25) is 0 Å². The Morgan fingerprint density at radius 1 is 1.19 bits per heavy atom. The maximum Gasteiger partial charge on any atom is 0.0630 e. The Morgan fingerprint density at radius 3 is 2.44 bits per heavy atom. The number of benzene rings is 1. The van der Waals surface area contributed by atoms with Crippen LogP contribution in [0.1, 0.15) is 30.0 Å². The third-order valence-electron chi connectivity index (χ3n) is 3.90. The molecule has 1 aromatic rings. The fraction of sp³-hybridized carbons (Fsp3) is 0.538. The van der Waals surface area contributed by atoms with Gasteiger partial charge in [-0.15, -0.1) is 0 Å². The number of rotatable bonds is 1. The van der Waals surface area contributed by atoms with Crippen molar-refractivity contribution in [2.45, 2.75) is 33.6 Å². The zero-order chi connectivity index (χ0) is 11.9. The van der Waals surface area contributed by atoms with E-state index in [1.54, 1.807) is 0 Å². The minimum Gasteiger partial charge on any atom is -0.398 e. The molecule has 1 unspecified atom stereocenters. The molecule has 1 aliphatic heterocycles. The van der Waals surface area contributed by atoms with Gasteiger partial charge in [-0.2, -0.15) is 0 Å². The lowest BCUT2D eigenvalue weighted by atomic mass is 9.87. The molecule has 0 saturated carbocycles. The lowest BCUT2D eigenvalue weighted by molar-refractivity contribution is 0.521. The van der Waals surface area contributed by atoms with Crippen LogP contribution in [0.5, 0.6) is 0 Å². The van der Waals surface area contributed by atoms with Crippen LogP contribution < -0.4 is 16.8 Å². The van der Waals surface area contributed by atoms with E-state index in [9.17, 15) is 0 Å². The van der Waals surface area contributed by atoms with Gasteiger partial charge in [0, 0.05) is 17.8 Å². The summed E-state index contributed by atoms with van der Waals surface area (Å²) in [7, 11) is 0. The molecule has 0 amide bonds. The summed E-state index contributed by atoms with van der Waals surface area (Å²) in [6, 6.07) is 0. The zero-order valence-electron chi connectivity index (χ0n) is 10.4. The van der Waals surface area contributed by atoms with E-state index in [2.05, 4.69) is 19.2 Å². The van der Waals surface area contributed by atoms with Crippen LogP contribution in [0.25, 0.3) is 0 Å². The summed E-state index contributed by atoms with van der Waals surface area (Å²) < 4.78 is 0. The standard InChI is InChI=1S/C13H21N3/c1-4-9-5-10-11(14)7(2)8(3)12(15)13(10)16-6-9/h9,16H,4-6,14-15H2,1-3H3. The first-order valence-corrected chi connectivity index (χ1v) is 5.97. The normalized spacial score (nSPS) is 19.1. The molecule has 0 aliphatic carbocycles. The molecule has 2 rings (SSSR count). The molecule has 0 aromatic heterocycles. The molecule has 0 spiro atoms. The highest BCUT2D eigenvalue weighted by Gasteiger charge is 2.23. The van der Waals surface area contributed by atoms with Gasteiger partial charge in [-0.05, 0) is 37.3 Å². The molecule has 1 aromatic carbocycles. The van der Waals surface area contributed by atoms with Gasteiger partial charge in [0.2, 0.25) is 0 Å². The topological polar surface area (TPSA) is 64.1 Å². The van der Waals surface area contributed by atoms with Crippen LogP contribution in [0.3, 0.4) is 0 Å². The molecule has 3 heteroatoms. The van der Waals surface area contributed by atoms with E-state index in [4.69, 9.17) is 11.5 Å². The highest BCUT2D eigenvalue weighted by atomic mass is 14.9. The average Bonchev–Trinajstić information content (AvgIpc) is 2.33. The molecular formula is C13H21N3. The molecule has 5 N–H and O–H groups in total. The number of fused-ring (bicyclic) bond motifs is 1. The SMILES string of the molecule is CCC1CNc2c(N)c(C)c(C)c(N)c2C1. The second-order valence-electron chi connectivity index (χ2n) is 4.79. The van der Waals surface area contributed by atoms with Gasteiger partial charge in [0.25, 0.3) is 0 Å². The number of nitrogen functional groups attached to an aromatic ring is 2. The van der Waals surface area contributed by atoms with E-state index in [1.165, 1.54) is 12.0 Å². The summed E-state index contributed by atoms with van der Waals surface area (Å²) in [6.07, 6.45) is 2.23. The van der Waals surface area contributed by atoms with Gasteiger partial charge in [0.1, 0.15) is 0 Å². The van der Waals surface area contributed by atoms with E-state index in [0.29, 0.717) is 5.92 Å². The lowest BCUT2D eigenvalue weighted by Gasteiger charge is -2.29. The van der Waals surface area contributed by atoms with Gasteiger partial charge in [-0.1, -0.05) is 13.3 Å². The van der Waals surface area contributed by atoms with E-state index in [0.717, 1.165) is 41.2 Å². The maximum absolute atomic E-state index is 6.19. The second kappa shape index (κ2) is 3.89. The molecule has 0 fully saturated rings. The van der Waals surface area contributed by atoms with Crippen LogP contribution in [0.2, 0.25) is 0 Å². The molecule has 1 aliphatic rings. The average molecular weight is 219 g/mol. The third kappa shape index (κ3) is 1.51. The van der Waals surface area contributed by atoms with Crippen LogP contribution in [-0.4, -0.2) is 6.54 Å². The Hall–Kier alpha value is -1.38. The van der Waals surface area contributed by atoms with Crippen molar-refractivity contribution in [3.63, 3.8) is 0 Å². The molecule has 0 bridgehead atoms. The molecule has 1 heterocycles. The number of nitrogens with one attached hydrogen (secondary N) is 1. The first kappa shape index (κ1) is 11.1. The fourth-order valence-electron chi connectivity index (χ4n) is 2.42. The third-order valence-corrected chi connectivity index (χ3v) is 3.90. The summed E-state index contributed by atoms with van der Waals surface area (Å²) in [5, 5.41) is 3.44. The molecule has 16 heavy (non-hydrogen) atoms. The van der Waals surface area contributed by atoms with E-state index in [1.807, 2.05) is 6.92 Å². The quantitative estimate of drug-likeness (QED) is 0.636. The van der Waals surface area contributed by atoms with Crippen molar-refractivity contribution in [2.75, 3.05) is 23.3 Å². The number of nitrogens with two attached hydrogens (primary N) is 2. The smallest absolute Gasteiger partial charge is 0.0630 e. The van der Waals surface area contributed by atoms with Gasteiger partial charge in [0.15, 0.2) is 0 Å². The first-order valence-electron chi connectivity index (χ1n) is 5.97. The Labute approximate surface area is 97.2 Å². The largest absolute Gasteiger partial charge is 0.398 e. The molecule has 3 nitrogen and oxygen atoms in total. The second-order valence-corrected chi connectivity index (χ2v) is 4.79. The van der Waals surface area contributed by atoms with Crippen molar-refractivity contribution >= 4 is 17.1 Å². The van der Waals surface area contributed by atoms with Crippen molar-refractivity contribution in [3.8, 4) is 0 Å². The Kier molecular flexibility index (Phi) is 2.70. The summed E-state index contributed by atoms with van der Waals surface area (Å²) in [4.78, 5) is 0. The van der Waals surface area contributed by atoms with Gasteiger partial charge < -0.3 is 16.8 Å². The van der Waals surface area contributed by atoms with E-state index >= 15 is 0 Å². The first-order chi connectivity index (χ1) is 7.56. The summed E-state index contributed by atoms with van der Waals surface area (Å²) >= 11 is 0.